The smallest absolute Gasteiger partial charge is 0.421 e. The number of hydrogen-bond acceptors (Lipinski definition) is 3. The van der Waals surface area contributed by atoms with Crippen LogP contribution in [-0.2, 0) is 6.18 Å². The summed E-state index contributed by atoms with van der Waals surface area (Å²) in [5, 5.41) is 8.90. The maximum absolute atomic E-state index is 12.8. The van der Waals surface area contributed by atoms with E-state index in [9.17, 15) is 18.0 Å². The summed E-state index contributed by atoms with van der Waals surface area (Å²) in [4.78, 5) is 14.5. The lowest BCUT2D eigenvalue weighted by Gasteiger charge is -2.13. The number of aryl methyl sites for hydroxylation is 1. The van der Waals surface area contributed by atoms with Gasteiger partial charge in [0.1, 0.15) is 11.3 Å². The number of carbonyl (C=O) groups is 1. The van der Waals surface area contributed by atoms with Gasteiger partial charge in [-0.05, 0) is 36.8 Å². The summed E-state index contributed by atoms with van der Waals surface area (Å²) in [5.41, 5.74) is -0.607. The number of rotatable bonds is 3. The minimum atomic E-state index is -4.61. The third-order valence-corrected chi connectivity index (χ3v) is 2.72. The average molecular weight is 297 g/mol. The zero-order valence-corrected chi connectivity index (χ0v) is 10.8. The highest BCUT2D eigenvalue weighted by molar-refractivity contribution is 5.88. The Balaban J connectivity index is 2.44. The van der Waals surface area contributed by atoms with E-state index in [0.717, 1.165) is 18.2 Å². The van der Waals surface area contributed by atoms with E-state index in [1.165, 1.54) is 18.3 Å². The molecule has 1 N–H and O–H groups in total. The number of ether oxygens (including phenoxy) is 1. The zero-order chi connectivity index (χ0) is 15.6. The highest BCUT2D eigenvalue weighted by atomic mass is 19.4. The maximum atomic E-state index is 12.8. The second kappa shape index (κ2) is 5.43. The van der Waals surface area contributed by atoms with Gasteiger partial charge in [0.15, 0.2) is 0 Å². The van der Waals surface area contributed by atoms with Crippen LogP contribution < -0.4 is 4.74 Å². The molecule has 0 atom stereocenters. The van der Waals surface area contributed by atoms with Crippen LogP contribution in [0.15, 0.2) is 36.5 Å². The fourth-order valence-corrected chi connectivity index (χ4v) is 1.64. The van der Waals surface area contributed by atoms with Crippen molar-refractivity contribution in [2.75, 3.05) is 0 Å². The van der Waals surface area contributed by atoms with Crippen LogP contribution in [0.5, 0.6) is 11.6 Å². The fourth-order valence-electron chi connectivity index (χ4n) is 1.64. The minimum Gasteiger partial charge on any atom is -0.478 e. The molecule has 0 aliphatic heterocycles. The van der Waals surface area contributed by atoms with Gasteiger partial charge >= 0.3 is 12.1 Å². The molecule has 0 radical (unpaired) electrons. The Morgan fingerprint density at radius 1 is 1.29 bits per heavy atom. The summed E-state index contributed by atoms with van der Waals surface area (Å²) in [5.74, 6) is -1.80. The van der Waals surface area contributed by atoms with Crippen molar-refractivity contribution in [2.45, 2.75) is 13.1 Å². The monoisotopic (exact) mass is 297 g/mol. The molecule has 21 heavy (non-hydrogen) atoms. The molecule has 0 unspecified atom stereocenters. The van der Waals surface area contributed by atoms with Gasteiger partial charge in [-0.1, -0.05) is 6.07 Å². The van der Waals surface area contributed by atoms with Crippen LogP contribution in [0, 0.1) is 6.92 Å². The Morgan fingerprint density at radius 2 is 2.00 bits per heavy atom. The van der Waals surface area contributed by atoms with Crippen molar-refractivity contribution in [3.63, 3.8) is 0 Å². The SMILES string of the molecule is Cc1ccc(C(=O)O)cc1Oc1ncccc1C(F)(F)F. The number of aromatic carboxylic acids is 1. The zero-order valence-electron chi connectivity index (χ0n) is 10.8. The van der Waals surface area contributed by atoms with Gasteiger partial charge in [0, 0.05) is 6.20 Å². The molecule has 4 nitrogen and oxygen atoms in total. The predicted octanol–water partition coefficient (Wildman–Crippen LogP) is 3.90. The molecule has 0 amide bonds. The Kier molecular flexibility index (Phi) is 3.84. The van der Waals surface area contributed by atoms with Gasteiger partial charge in [-0.3, -0.25) is 0 Å². The molecule has 0 saturated heterocycles. The molecule has 2 rings (SSSR count). The van der Waals surface area contributed by atoms with Crippen molar-refractivity contribution >= 4 is 5.97 Å². The molecular formula is C14H10F3NO3. The lowest BCUT2D eigenvalue weighted by molar-refractivity contribution is -0.138. The number of alkyl halides is 3. The van der Waals surface area contributed by atoms with Gasteiger partial charge < -0.3 is 9.84 Å². The first kappa shape index (κ1) is 14.8. The second-order valence-corrected chi connectivity index (χ2v) is 4.24. The van der Waals surface area contributed by atoms with Crippen LogP contribution in [-0.4, -0.2) is 16.1 Å². The Labute approximate surface area is 117 Å². The lowest BCUT2D eigenvalue weighted by Crippen LogP contribution is -2.08. The van der Waals surface area contributed by atoms with Crippen LogP contribution in [0.1, 0.15) is 21.5 Å². The van der Waals surface area contributed by atoms with Gasteiger partial charge in [0.05, 0.1) is 5.56 Å². The first-order valence-electron chi connectivity index (χ1n) is 5.83. The number of nitrogens with zero attached hydrogens (tertiary/aromatic N) is 1. The molecule has 0 aliphatic rings. The largest absolute Gasteiger partial charge is 0.478 e. The van der Waals surface area contributed by atoms with E-state index in [2.05, 4.69) is 4.98 Å². The summed E-state index contributed by atoms with van der Waals surface area (Å²) in [6.07, 6.45) is -3.44. The molecule has 0 aliphatic carbocycles. The lowest BCUT2D eigenvalue weighted by atomic mass is 10.1. The van der Waals surface area contributed by atoms with Gasteiger partial charge in [-0.25, -0.2) is 9.78 Å². The Hall–Kier alpha value is -2.57. The predicted molar refractivity (Wildman–Crippen MR) is 67.5 cm³/mol. The summed E-state index contributed by atoms with van der Waals surface area (Å²) in [6, 6.07) is 5.95. The number of halogens is 3. The number of pyridine rings is 1. The second-order valence-electron chi connectivity index (χ2n) is 4.24. The molecule has 2 aromatic rings. The molecule has 110 valence electrons. The number of aromatic nitrogens is 1. The van der Waals surface area contributed by atoms with Gasteiger partial charge in [0.2, 0.25) is 5.88 Å². The van der Waals surface area contributed by atoms with E-state index < -0.39 is 23.6 Å². The molecule has 1 heterocycles. The maximum Gasteiger partial charge on any atom is 0.421 e. The molecule has 0 saturated carbocycles. The minimum absolute atomic E-state index is 0.0131. The third-order valence-electron chi connectivity index (χ3n) is 2.72. The number of benzene rings is 1. The average Bonchev–Trinajstić information content (AvgIpc) is 2.40. The van der Waals surface area contributed by atoms with Crippen molar-refractivity contribution in [3.8, 4) is 11.6 Å². The van der Waals surface area contributed by atoms with Crippen LogP contribution in [0.4, 0.5) is 13.2 Å². The number of carboxylic acid groups (broad SMARTS) is 1. The van der Waals surface area contributed by atoms with Gasteiger partial charge in [-0.15, -0.1) is 0 Å². The van der Waals surface area contributed by atoms with E-state index in [1.54, 1.807) is 6.92 Å². The van der Waals surface area contributed by atoms with Crippen LogP contribution in [0.3, 0.4) is 0 Å². The van der Waals surface area contributed by atoms with Crippen LogP contribution >= 0.6 is 0 Å². The normalized spacial score (nSPS) is 11.2. The van der Waals surface area contributed by atoms with Crippen molar-refractivity contribution < 1.29 is 27.8 Å². The molecule has 0 fully saturated rings. The molecule has 0 spiro atoms. The number of carboxylic acids is 1. The van der Waals surface area contributed by atoms with Crippen LogP contribution in [0.25, 0.3) is 0 Å². The highest BCUT2D eigenvalue weighted by Gasteiger charge is 2.35. The summed E-state index contributed by atoms with van der Waals surface area (Å²) < 4.78 is 43.7. The summed E-state index contributed by atoms with van der Waals surface area (Å²) in [6.45, 7) is 1.59. The quantitative estimate of drug-likeness (QED) is 0.933. The molecule has 1 aromatic heterocycles. The first-order chi connectivity index (χ1) is 9.79. The van der Waals surface area contributed by atoms with Crippen LogP contribution in [0.2, 0.25) is 0 Å². The van der Waals surface area contributed by atoms with Gasteiger partial charge in [0.25, 0.3) is 0 Å². The standard InChI is InChI=1S/C14H10F3NO3/c1-8-4-5-9(13(19)20)7-11(8)21-12-10(14(15,16)17)3-2-6-18-12/h2-7H,1H3,(H,19,20). The topological polar surface area (TPSA) is 59.4 Å². The first-order valence-corrected chi connectivity index (χ1v) is 5.83. The van der Waals surface area contributed by atoms with Crippen molar-refractivity contribution in [2.24, 2.45) is 0 Å². The molecule has 7 heteroatoms. The van der Waals surface area contributed by atoms with E-state index in [1.807, 2.05) is 0 Å². The molecule has 0 bridgehead atoms. The Morgan fingerprint density at radius 3 is 2.62 bits per heavy atom. The third kappa shape index (κ3) is 3.31. The highest BCUT2D eigenvalue weighted by Crippen LogP contribution is 2.37. The van der Waals surface area contributed by atoms with E-state index in [-0.39, 0.29) is 11.3 Å². The van der Waals surface area contributed by atoms with Crippen molar-refractivity contribution in [3.05, 3.63) is 53.2 Å². The van der Waals surface area contributed by atoms with Crippen molar-refractivity contribution in [1.82, 2.24) is 4.98 Å². The van der Waals surface area contributed by atoms with E-state index in [4.69, 9.17) is 9.84 Å². The Bertz CT molecular complexity index is 683. The molecular weight excluding hydrogens is 287 g/mol. The number of hydrogen-bond donors (Lipinski definition) is 1. The summed E-state index contributed by atoms with van der Waals surface area (Å²) in [7, 11) is 0. The van der Waals surface area contributed by atoms with E-state index >= 15 is 0 Å². The fraction of sp³-hybridized carbons (Fsp3) is 0.143. The van der Waals surface area contributed by atoms with E-state index in [0.29, 0.717) is 5.56 Å². The van der Waals surface area contributed by atoms with Gasteiger partial charge in [-0.2, -0.15) is 13.2 Å². The molecule has 1 aromatic carbocycles. The summed E-state index contributed by atoms with van der Waals surface area (Å²) >= 11 is 0. The van der Waals surface area contributed by atoms with Crippen molar-refractivity contribution in [1.29, 1.82) is 0 Å².